The summed E-state index contributed by atoms with van der Waals surface area (Å²) in [5, 5.41) is 17.5. The lowest BCUT2D eigenvalue weighted by molar-refractivity contribution is -0.384. The first-order valence-electron chi connectivity index (χ1n) is 9.82. The van der Waals surface area contributed by atoms with Gasteiger partial charge in [0.05, 0.1) is 26.9 Å². The molecule has 0 aliphatic rings. The zero-order chi connectivity index (χ0) is 25.5. The summed E-state index contributed by atoms with van der Waals surface area (Å²) in [5.74, 6) is -2.46. The molecule has 12 heteroatoms. The molecule has 35 heavy (non-hydrogen) atoms. The van der Waals surface area contributed by atoms with Gasteiger partial charge in [0.1, 0.15) is 5.75 Å². The van der Waals surface area contributed by atoms with E-state index in [4.69, 9.17) is 27.9 Å². The lowest BCUT2D eigenvalue weighted by Gasteiger charge is -2.08. The van der Waals surface area contributed by atoms with Gasteiger partial charge in [0.25, 0.3) is 5.69 Å². The van der Waals surface area contributed by atoms with Crippen molar-refractivity contribution in [2.75, 3.05) is 5.32 Å². The standard InChI is InChI=1S/C23H16Cl2N4O6/c1-13(27-28-22(31)21(30)26-20-12-16(24)6-11-19(20)25)14-4-9-18(10-5-14)35-23(32)15-2-7-17(8-3-15)29(33)34/h2-12H,1H3,(H,26,30)(H,28,31)/b27-13+. The van der Waals surface area contributed by atoms with Crippen LogP contribution in [-0.4, -0.2) is 28.4 Å². The number of anilines is 1. The van der Waals surface area contributed by atoms with Gasteiger partial charge in [0.15, 0.2) is 0 Å². The quantitative estimate of drug-likeness (QED) is 0.123. The number of hydrazone groups is 1. The van der Waals surface area contributed by atoms with Crippen molar-refractivity contribution in [1.29, 1.82) is 0 Å². The molecule has 0 spiro atoms. The topological polar surface area (TPSA) is 140 Å². The van der Waals surface area contributed by atoms with Crippen molar-refractivity contribution in [3.63, 3.8) is 0 Å². The summed E-state index contributed by atoms with van der Waals surface area (Å²) in [6.07, 6.45) is 0. The van der Waals surface area contributed by atoms with Gasteiger partial charge in [-0.05, 0) is 67.1 Å². The number of non-ortho nitro benzene ring substituents is 1. The number of ether oxygens (including phenoxy) is 1. The van der Waals surface area contributed by atoms with Crippen molar-refractivity contribution in [3.8, 4) is 5.75 Å². The van der Waals surface area contributed by atoms with Crippen LogP contribution in [-0.2, 0) is 9.59 Å². The van der Waals surface area contributed by atoms with E-state index < -0.39 is 22.7 Å². The number of nitrogens with one attached hydrogen (secondary N) is 2. The number of nitro benzene ring substituents is 1. The van der Waals surface area contributed by atoms with Gasteiger partial charge in [-0.1, -0.05) is 23.2 Å². The third-order valence-corrected chi connectivity index (χ3v) is 5.07. The Morgan fingerprint density at radius 2 is 1.54 bits per heavy atom. The van der Waals surface area contributed by atoms with Crippen molar-refractivity contribution >= 4 is 58.1 Å². The van der Waals surface area contributed by atoms with Crippen molar-refractivity contribution in [2.24, 2.45) is 5.10 Å². The van der Waals surface area contributed by atoms with Crippen LogP contribution in [0.3, 0.4) is 0 Å². The third-order valence-electron chi connectivity index (χ3n) is 4.50. The monoisotopic (exact) mass is 514 g/mol. The zero-order valence-corrected chi connectivity index (χ0v) is 19.5. The molecule has 0 aromatic heterocycles. The minimum Gasteiger partial charge on any atom is -0.423 e. The molecule has 2 amide bonds. The van der Waals surface area contributed by atoms with Crippen LogP contribution in [0.2, 0.25) is 10.0 Å². The minimum absolute atomic E-state index is 0.140. The molecule has 0 atom stereocenters. The van der Waals surface area contributed by atoms with E-state index in [2.05, 4.69) is 15.8 Å². The van der Waals surface area contributed by atoms with Gasteiger partial charge in [-0.2, -0.15) is 5.10 Å². The summed E-state index contributed by atoms with van der Waals surface area (Å²) in [5.41, 5.74) is 3.29. The van der Waals surface area contributed by atoms with Gasteiger partial charge in [0.2, 0.25) is 0 Å². The molecule has 3 aromatic carbocycles. The number of carbonyl (C=O) groups excluding carboxylic acids is 3. The molecule has 2 N–H and O–H groups in total. The molecule has 178 valence electrons. The second-order valence-corrected chi connectivity index (χ2v) is 7.78. The summed E-state index contributed by atoms with van der Waals surface area (Å²) in [4.78, 5) is 46.5. The summed E-state index contributed by atoms with van der Waals surface area (Å²) >= 11 is 11.8. The highest BCUT2D eigenvalue weighted by Crippen LogP contribution is 2.25. The largest absolute Gasteiger partial charge is 0.423 e. The van der Waals surface area contributed by atoms with E-state index in [1.807, 2.05) is 0 Å². The number of hydrogen-bond acceptors (Lipinski definition) is 7. The fraction of sp³-hybridized carbons (Fsp3) is 0.0435. The van der Waals surface area contributed by atoms with Crippen LogP contribution >= 0.6 is 23.2 Å². The summed E-state index contributed by atoms with van der Waals surface area (Å²) in [6, 6.07) is 15.6. The van der Waals surface area contributed by atoms with Crippen molar-refractivity contribution < 1.29 is 24.0 Å². The zero-order valence-electron chi connectivity index (χ0n) is 18.0. The van der Waals surface area contributed by atoms with Crippen LogP contribution in [0.4, 0.5) is 11.4 Å². The van der Waals surface area contributed by atoms with Crippen molar-refractivity contribution in [2.45, 2.75) is 6.92 Å². The van der Waals surface area contributed by atoms with E-state index >= 15 is 0 Å². The highest BCUT2D eigenvalue weighted by atomic mass is 35.5. The molecular weight excluding hydrogens is 499 g/mol. The van der Waals surface area contributed by atoms with E-state index in [0.717, 1.165) is 0 Å². The predicted molar refractivity (Wildman–Crippen MR) is 130 cm³/mol. The number of nitro groups is 1. The Kier molecular flexibility index (Phi) is 8.13. The number of benzene rings is 3. The van der Waals surface area contributed by atoms with E-state index in [9.17, 15) is 24.5 Å². The maximum atomic E-state index is 12.2. The lowest BCUT2D eigenvalue weighted by Crippen LogP contribution is -2.33. The summed E-state index contributed by atoms with van der Waals surface area (Å²) in [7, 11) is 0. The second kappa shape index (κ2) is 11.2. The van der Waals surface area contributed by atoms with E-state index in [1.165, 1.54) is 54.6 Å². The molecule has 0 aliphatic heterocycles. The molecule has 0 fully saturated rings. The molecule has 0 saturated heterocycles. The number of amides is 2. The molecule has 0 saturated carbocycles. The number of hydrogen-bond donors (Lipinski definition) is 2. The van der Waals surface area contributed by atoms with Gasteiger partial charge in [0, 0.05) is 17.2 Å². The molecule has 0 radical (unpaired) electrons. The molecule has 0 bridgehead atoms. The molecule has 3 rings (SSSR count). The maximum Gasteiger partial charge on any atom is 0.343 e. The van der Waals surface area contributed by atoms with Gasteiger partial charge in [-0.15, -0.1) is 0 Å². The Morgan fingerprint density at radius 3 is 2.17 bits per heavy atom. The van der Waals surface area contributed by atoms with Crippen LogP contribution < -0.4 is 15.5 Å². The average molecular weight is 515 g/mol. The minimum atomic E-state index is -1.02. The number of halogens is 2. The van der Waals surface area contributed by atoms with Crippen LogP contribution in [0.25, 0.3) is 0 Å². The fourth-order valence-corrected chi connectivity index (χ4v) is 3.01. The predicted octanol–water partition coefficient (Wildman–Crippen LogP) is 4.60. The Morgan fingerprint density at radius 1 is 0.914 bits per heavy atom. The molecule has 3 aromatic rings. The lowest BCUT2D eigenvalue weighted by atomic mass is 10.1. The second-order valence-electron chi connectivity index (χ2n) is 6.93. The molecular formula is C23H16Cl2N4O6. The molecule has 10 nitrogen and oxygen atoms in total. The normalized spacial score (nSPS) is 10.9. The van der Waals surface area contributed by atoms with Crippen LogP contribution in [0, 0.1) is 10.1 Å². The first kappa shape index (κ1) is 25.3. The van der Waals surface area contributed by atoms with Gasteiger partial charge in [-0.3, -0.25) is 19.7 Å². The van der Waals surface area contributed by atoms with E-state index in [-0.39, 0.29) is 27.7 Å². The maximum absolute atomic E-state index is 12.2. The highest BCUT2D eigenvalue weighted by molar-refractivity contribution is 6.42. The van der Waals surface area contributed by atoms with E-state index in [1.54, 1.807) is 19.1 Å². The Bertz CT molecular complexity index is 1320. The van der Waals surface area contributed by atoms with E-state index in [0.29, 0.717) is 16.3 Å². The SMILES string of the molecule is C/C(=N\NC(=O)C(=O)Nc1cc(Cl)ccc1Cl)c1ccc(OC(=O)c2ccc([N+](=O)[O-])cc2)cc1. The van der Waals surface area contributed by atoms with Crippen LogP contribution in [0.1, 0.15) is 22.8 Å². The van der Waals surface area contributed by atoms with Crippen molar-refractivity contribution in [3.05, 3.63) is 98.0 Å². The first-order chi connectivity index (χ1) is 16.6. The number of rotatable bonds is 6. The summed E-state index contributed by atoms with van der Waals surface area (Å²) in [6.45, 7) is 1.60. The van der Waals surface area contributed by atoms with Crippen molar-refractivity contribution in [1.82, 2.24) is 5.43 Å². The van der Waals surface area contributed by atoms with Crippen LogP contribution in [0.15, 0.2) is 71.8 Å². The average Bonchev–Trinajstić information content (AvgIpc) is 2.85. The highest BCUT2D eigenvalue weighted by Gasteiger charge is 2.16. The van der Waals surface area contributed by atoms with Gasteiger partial charge in [-0.25, -0.2) is 10.2 Å². The Labute approximate surface area is 208 Å². The third kappa shape index (κ3) is 6.85. The first-order valence-corrected chi connectivity index (χ1v) is 10.6. The fourth-order valence-electron chi connectivity index (χ4n) is 2.67. The number of carbonyl (C=O) groups is 3. The molecule has 0 unspecified atom stereocenters. The Hall–Kier alpha value is -4.28. The number of esters is 1. The van der Waals surface area contributed by atoms with Gasteiger partial charge < -0.3 is 10.1 Å². The number of nitrogens with zero attached hydrogens (tertiary/aromatic N) is 2. The van der Waals surface area contributed by atoms with Gasteiger partial charge >= 0.3 is 17.8 Å². The Balaban J connectivity index is 1.58. The summed E-state index contributed by atoms with van der Waals surface area (Å²) < 4.78 is 5.25. The molecule has 0 aliphatic carbocycles. The smallest absolute Gasteiger partial charge is 0.343 e. The molecule has 0 heterocycles. The van der Waals surface area contributed by atoms with Crippen LogP contribution in [0.5, 0.6) is 5.75 Å².